The van der Waals surface area contributed by atoms with Crippen LogP contribution in [0.3, 0.4) is 0 Å². The Morgan fingerprint density at radius 1 is 1.47 bits per heavy atom. The van der Waals surface area contributed by atoms with Crippen LogP contribution in [0.4, 0.5) is 0 Å². The standard InChI is InChI=1S/C11H19N3O4S/c1-11(5-3-6-11)8-19(16,17)12-7-4-9-13-18-10(15)14(9)2/h12H,3-8H2,1-2H3. The topological polar surface area (TPSA) is 94.2 Å². The fourth-order valence-corrected chi connectivity index (χ4v) is 4.01. The maximum atomic E-state index is 11.9. The molecule has 7 nitrogen and oxygen atoms in total. The van der Waals surface area contributed by atoms with E-state index in [1.54, 1.807) is 0 Å². The smallest absolute Gasteiger partial charge is 0.296 e. The van der Waals surface area contributed by atoms with Crippen molar-refractivity contribution in [3.05, 3.63) is 16.4 Å². The molecule has 0 amide bonds. The SMILES string of the molecule is Cn1c(CCNS(=O)(=O)CC2(C)CCC2)noc1=O. The molecule has 1 aliphatic rings. The predicted molar refractivity (Wildman–Crippen MR) is 69.2 cm³/mol. The normalized spacial score (nSPS) is 18.2. The highest BCUT2D eigenvalue weighted by molar-refractivity contribution is 7.89. The molecule has 0 spiro atoms. The van der Waals surface area contributed by atoms with Gasteiger partial charge in [-0.25, -0.2) is 17.9 Å². The molecule has 0 saturated heterocycles. The number of nitrogens with one attached hydrogen (secondary N) is 1. The molecule has 108 valence electrons. The van der Waals surface area contributed by atoms with E-state index >= 15 is 0 Å². The summed E-state index contributed by atoms with van der Waals surface area (Å²) in [7, 11) is -1.73. The van der Waals surface area contributed by atoms with Gasteiger partial charge in [0, 0.05) is 20.0 Å². The molecule has 0 atom stereocenters. The third-order valence-electron chi connectivity index (χ3n) is 3.66. The maximum Gasteiger partial charge on any atom is 0.441 e. The zero-order chi connectivity index (χ0) is 14.1. The summed E-state index contributed by atoms with van der Waals surface area (Å²) in [6.45, 7) is 2.22. The Kier molecular flexibility index (Phi) is 3.82. The average Bonchev–Trinajstić information content (AvgIpc) is 2.58. The van der Waals surface area contributed by atoms with Crippen LogP contribution in [0.1, 0.15) is 32.0 Å². The van der Waals surface area contributed by atoms with Crippen molar-refractivity contribution in [1.82, 2.24) is 14.4 Å². The van der Waals surface area contributed by atoms with Crippen molar-refractivity contribution < 1.29 is 12.9 Å². The van der Waals surface area contributed by atoms with Crippen LogP contribution in [0.15, 0.2) is 9.32 Å². The fourth-order valence-electron chi connectivity index (χ4n) is 2.29. The van der Waals surface area contributed by atoms with Crippen molar-refractivity contribution in [2.24, 2.45) is 12.5 Å². The van der Waals surface area contributed by atoms with Crippen molar-refractivity contribution in [3.8, 4) is 0 Å². The van der Waals surface area contributed by atoms with Crippen molar-refractivity contribution in [1.29, 1.82) is 0 Å². The molecule has 1 N–H and O–H groups in total. The quantitative estimate of drug-likeness (QED) is 0.797. The minimum Gasteiger partial charge on any atom is -0.296 e. The number of nitrogens with zero attached hydrogens (tertiary/aromatic N) is 2. The molecule has 19 heavy (non-hydrogen) atoms. The first-order valence-corrected chi connectivity index (χ1v) is 7.96. The molecule has 1 saturated carbocycles. The van der Waals surface area contributed by atoms with Crippen LogP contribution < -0.4 is 10.5 Å². The Morgan fingerprint density at radius 3 is 2.63 bits per heavy atom. The van der Waals surface area contributed by atoms with E-state index in [9.17, 15) is 13.2 Å². The van der Waals surface area contributed by atoms with E-state index in [4.69, 9.17) is 0 Å². The number of rotatable bonds is 6. The Morgan fingerprint density at radius 2 is 2.16 bits per heavy atom. The third kappa shape index (κ3) is 3.44. The van der Waals surface area contributed by atoms with Gasteiger partial charge in [-0.3, -0.25) is 9.09 Å². The third-order valence-corrected chi connectivity index (χ3v) is 5.38. The summed E-state index contributed by atoms with van der Waals surface area (Å²) >= 11 is 0. The van der Waals surface area contributed by atoms with E-state index in [0.717, 1.165) is 19.3 Å². The highest BCUT2D eigenvalue weighted by Gasteiger charge is 2.36. The number of hydrogen-bond acceptors (Lipinski definition) is 5. The van der Waals surface area contributed by atoms with E-state index in [0.29, 0.717) is 12.2 Å². The molecule has 0 unspecified atom stereocenters. The average molecular weight is 289 g/mol. The van der Waals surface area contributed by atoms with E-state index in [-0.39, 0.29) is 17.7 Å². The molecule has 0 aliphatic heterocycles. The minimum absolute atomic E-state index is 0.0768. The molecule has 8 heteroatoms. The van der Waals surface area contributed by atoms with Crippen molar-refractivity contribution >= 4 is 10.0 Å². The van der Waals surface area contributed by atoms with Crippen molar-refractivity contribution in [2.75, 3.05) is 12.3 Å². The fraction of sp³-hybridized carbons (Fsp3) is 0.818. The van der Waals surface area contributed by atoms with Crippen LogP contribution in [0.2, 0.25) is 0 Å². The highest BCUT2D eigenvalue weighted by Crippen LogP contribution is 2.41. The summed E-state index contributed by atoms with van der Waals surface area (Å²) in [5.74, 6) is 0.0555. The molecule has 2 rings (SSSR count). The van der Waals surface area contributed by atoms with E-state index in [1.165, 1.54) is 11.6 Å². The highest BCUT2D eigenvalue weighted by atomic mass is 32.2. The van der Waals surface area contributed by atoms with E-state index in [2.05, 4.69) is 14.4 Å². The lowest BCUT2D eigenvalue weighted by molar-refractivity contribution is 0.193. The Balaban J connectivity index is 1.85. The second kappa shape index (κ2) is 5.09. The molecule has 1 aliphatic carbocycles. The summed E-state index contributed by atoms with van der Waals surface area (Å²) in [6.07, 6.45) is 3.36. The molecular formula is C11H19N3O4S. The molecule has 1 aromatic heterocycles. The van der Waals surface area contributed by atoms with Crippen LogP contribution in [-0.4, -0.2) is 30.4 Å². The predicted octanol–water partition coefficient (Wildman–Crippen LogP) is 0.0254. The molecule has 0 aromatic carbocycles. The van der Waals surface area contributed by atoms with Crippen LogP contribution in [0.5, 0.6) is 0 Å². The van der Waals surface area contributed by atoms with Crippen LogP contribution in [-0.2, 0) is 23.5 Å². The molecule has 0 radical (unpaired) electrons. The Hall–Kier alpha value is -1.15. The molecule has 1 fully saturated rings. The summed E-state index contributed by atoms with van der Waals surface area (Å²) in [5.41, 5.74) is -0.0768. The van der Waals surface area contributed by atoms with Crippen molar-refractivity contribution in [2.45, 2.75) is 32.6 Å². The lowest BCUT2D eigenvalue weighted by atomic mass is 9.72. The van der Waals surface area contributed by atoms with Gasteiger partial charge < -0.3 is 0 Å². The van der Waals surface area contributed by atoms with Crippen LogP contribution in [0, 0.1) is 5.41 Å². The Labute approximate surface area is 112 Å². The first-order chi connectivity index (χ1) is 8.81. The lowest BCUT2D eigenvalue weighted by Gasteiger charge is -2.37. The largest absolute Gasteiger partial charge is 0.441 e. The molecule has 1 heterocycles. The first-order valence-electron chi connectivity index (χ1n) is 6.30. The van der Waals surface area contributed by atoms with Gasteiger partial charge in [-0.1, -0.05) is 18.5 Å². The van der Waals surface area contributed by atoms with Crippen molar-refractivity contribution in [3.63, 3.8) is 0 Å². The van der Waals surface area contributed by atoms with Gasteiger partial charge in [0.15, 0.2) is 5.82 Å². The molecule has 1 aromatic rings. The van der Waals surface area contributed by atoms with Gasteiger partial charge in [-0.15, -0.1) is 0 Å². The molecular weight excluding hydrogens is 270 g/mol. The molecule has 0 bridgehead atoms. The second-order valence-corrected chi connectivity index (χ2v) is 7.30. The van der Waals surface area contributed by atoms with Crippen LogP contribution >= 0.6 is 0 Å². The van der Waals surface area contributed by atoms with E-state index in [1.807, 2.05) is 6.92 Å². The van der Waals surface area contributed by atoms with Gasteiger partial charge in [0.25, 0.3) is 0 Å². The van der Waals surface area contributed by atoms with Gasteiger partial charge >= 0.3 is 5.76 Å². The van der Waals surface area contributed by atoms with Gasteiger partial charge in [-0.05, 0) is 18.3 Å². The monoisotopic (exact) mass is 289 g/mol. The minimum atomic E-state index is -3.27. The number of aromatic nitrogens is 2. The Bertz CT molecular complexity index is 598. The summed E-state index contributed by atoms with van der Waals surface area (Å²) in [6, 6.07) is 0. The van der Waals surface area contributed by atoms with Gasteiger partial charge in [0.1, 0.15) is 0 Å². The van der Waals surface area contributed by atoms with Gasteiger partial charge in [-0.2, -0.15) is 0 Å². The number of hydrogen-bond donors (Lipinski definition) is 1. The number of sulfonamides is 1. The van der Waals surface area contributed by atoms with Crippen LogP contribution in [0.25, 0.3) is 0 Å². The van der Waals surface area contributed by atoms with E-state index < -0.39 is 15.8 Å². The maximum absolute atomic E-state index is 11.9. The lowest BCUT2D eigenvalue weighted by Crippen LogP contribution is -2.39. The summed E-state index contributed by atoms with van der Waals surface area (Å²) in [4.78, 5) is 11.0. The zero-order valence-electron chi connectivity index (χ0n) is 11.2. The first kappa shape index (κ1) is 14.3. The summed E-state index contributed by atoms with van der Waals surface area (Å²) in [5, 5.41) is 3.58. The summed E-state index contributed by atoms with van der Waals surface area (Å²) < 4.78 is 32.1. The van der Waals surface area contributed by atoms with Gasteiger partial charge in [0.2, 0.25) is 10.0 Å². The zero-order valence-corrected chi connectivity index (χ0v) is 12.0. The van der Waals surface area contributed by atoms with Gasteiger partial charge in [0.05, 0.1) is 5.75 Å². The second-order valence-electron chi connectivity index (χ2n) is 5.49.